The summed E-state index contributed by atoms with van der Waals surface area (Å²) in [7, 11) is 1.61. The van der Waals surface area contributed by atoms with Crippen molar-refractivity contribution >= 4 is 46.3 Å². The maximum Gasteiger partial charge on any atom is 0.308 e. The number of hydrogen-bond donors (Lipinski definition) is 1. The molecule has 5 atom stereocenters. The molecule has 0 spiro atoms. The van der Waals surface area contributed by atoms with Crippen molar-refractivity contribution in [1.82, 2.24) is 4.57 Å². The Balaban J connectivity index is 1.33. The number of thiazole rings is 1. The summed E-state index contributed by atoms with van der Waals surface area (Å²) in [6.45, 7) is 0.0164. The lowest BCUT2D eigenvalue weighted by Gasteiger charge is -2.40. The first-order valence-corrected chi connectivity index (χ1v) is 13.7. The number of nitrogens with zero attached hydrogens (tertiary/aromatic N) is 1. The zero-order valence-corrected chi connectivity index (χ0v) is 21.1. The average molecular weight is 513 g/mol. The van der Waals surface area contributed by atoms with E-state index in [2.05, 4.69) is 17.4 Å². The number of methoxy groups -OCH3 is 1. The van der Waals surface area contributed by atoms with Crippen LogP contribution in [0, 0.1) is 17.8 Å². The van der Waals surface area contributed by atoms with Crippen molar-refractivity contribution in [2.45, 2.75) is 42.0 Å². The number of aromatic nitrogens is 1. The lowest BCUT2D eigenvalue weighted by atomic mass is 9.75. The molecule has 0 saturated heterocycles. The smallest absolute Gasteiger partial charge is 0.308 e. The standard InChI is InChI=1S/C26H25ClN2O3S2/c1-32-19-10-8-18(9-11-19)28-20(30)13-29-25-24(34-26(29)31)21(14-4-6-17(27)7-5-14)22-15-2-3-16(12-15)23(22)33-25/h4-11,15-16,21-23H,2-3,12-13H2,1H3,(H,28,30)/t15-,16-,21-,22-,23+/m0/s1. The van der Waals surface area contributed by atoms with Crippen LogP contribution in [0.3, 0.4) is 0 Å². The number of nitrogens with one attached hydrogen (secondary N) is 1. The van der Waals surface area contributed by atoms with E-state index < -0.39 is 0 Å². The number of carbonyl (C=O) groups is 1. The van der Waals surface area contributed by atoms with Gasteiger partial charge in [-0.3, -0.25) is 14.2 Å². The molecule has 1 aliphatic heterocycles. The third kappa shape index (κ3) is 3.78. The average Bonchev–Trinajstić information content (AvgIpc) is 3.53. The Morgan fingerprint density at radius 2 is 1.85 bits per heavy atom. The van der Waals surface area contributed by atoms with Gasteiger partial charge in [0, 0.05) is 26.8 Å². The first-order valence-electron chi connectivity index (χ1n) is 11.6. The highest BCUT2D eigenvalue weighted by molar-refractivity contribution is 8.00. The molecule has 1 aromatic heterocycles. The predicted octanol–water partition coefficient (Wildman–Crippen LogP) is 5.86. The monoisotopic (exact) mass is 512 g/mol. The second-order valence-electron chi connectivity index (χ2n) is 9.42. The van der Waals surface area contributed by atoms with Crippen molar-refractivity contribution < 1.29 is 9.53 Å². The Kier molecular flexibility index (Phi) is 5.74. The summed E-state index contributed by atoms with van der Waals surface area (Å²) < 4.78 is 6.87. The van der Waals surface area contributed by atoms with Gasteiger partial charge >= 0.3 is 4.87 Å². The van der Waals surface area contributed by atoms with E-state index in [-0.39, 0.29) is 23.2 Å². The van der Waals surface area contributed by atoms with Crippen LogP contribution in [0.2, 0.25) is 5.02 Å². The molecular weight excluding hydrogens is 488 g/mol. The molecule has 176 valence electrons. The number of amides is 1. The molecule has 34 heavy (non-hydrogen) atoms. The minimum Gasteiger partial charge on any atom is -0.497 e. The number of anilines is 1. The normalized spacial score (nSPS) is 26.7. The van der Waals surface area contributed by atoms with E-state index >= 15 is 0 Å². The van der Waals surface area contributed by atoms with Crippen LogP contribution < -0.4 is 14.9 Å². The van der Waals surface area contributed by atoms with Gasteiger partial charge in [0.25, 0.3) is 0 Å². The summed E-state index contributed by atoms with van der Waals surface area (Å²) in [5, 5.41) is 5.11. The van der Waals surface area contributed by atoms with Gasteiger partial charge in [-0.25, -0.2) is 0 Å². The fourth-order valence-corrected chi connectivity index (χ4v) is 9.43. The van der Waals surface area contributed by atoms with Crippen molar-refractivity contribution in [2.75, 3.05) is 12.4 Å². The second-order valence-corrected chi connectivity index (χ2v) is 12.0. The molecule has 6 rings (SSSR count). The summed E-state index contributed by atoms with van der Waals surface area (Å²) >= 11 is 9.34. The highest BCUT2D eigenvalue weighted by atomic mass is 35.5. The number of thioether (sulfide) groups is 1. The summed E-state index contributed by atoms with van der Waals surface area (Å²) in [6, 6.07) is 15.3. The SMILES string of the molecule is COc1ccc(NC(=O)Cn2c3c(sc2=O)[C@@H](c2ccc(Cl)cc2)[C@@H]2[C@H]4CC[C@@H](C4)[C@H]2S3)cc1. The number of ether oxygens (including phenoxy) is 1. The summed E-state index contributed by atoms with van der Waals surface area (Å²) in [4.78, 5) is 27.1. The maximum absolute atomic E-state index is 13.2. The van der Waals surface area contributed by atoms with Gasteiger partial charge in [0.2, 0.25) is 5.91 Å². The first-order chi connectivity index (χ1) is 16.5. The van der Waals surface area contributed by atoms with Crippen molar-refractivity contribution in [1.29, 1.82) is 0 Å². The van der Waals surface area contributed by atoms with Gasteiger partial charge < -0.3 is 10.1 Å². The number of hydrogen-bond acceptors (Lipinski definition) is 5. The van der Waals surface area contributed by atoms with Crippen LogP contribution in [0.25, 0.3) is 0 Å². The lowest BCUT2D eigenvalue weighted by molar-refractivity contribution is -0.116. The van der Waals surface area contributed by atoms with Gasteiger partial charge in [0.1, 0.15) is 12.3 Å². The fraction of sp³-hybridized carbons (Fsp3) is 0.385. The molecule has 2 heterocycles. The third-order valence-corrected chi connectivity index (χ3v) is 10.7. The zero-order valence-electron chi connectivity index (χ0n) is 18.7. The van der Waals surface area contributed by atoms with Crippen LogP contribution in [-0.4, -0.2) is 22.8 Å². The minimum atomic E-state index is -0.202. The number of benzene rings is 2. The topological polar surface area (TPSA) is 60.3 Å². The van der Waals surface area contributed by atoms with Crippen molar-refractivity contribution in [2.24, 2.45) is 17.8 Å². The number of carbonyl (C=O) groups excluding carboxylic acids is 1. The molecule has 1 N–H and O–H groups in total. The molecular formula is C26H25ClN2O3S2. The van der Waals surface area contributed by atoms with E-state index in [1.807, 2.05) is 23.9 Å². The molecule has 2 bridgehead atoms. The molecule has 2 aliphatic carbocycles. The fourth-order valence-electron chi connectivity index (χ4n) is 6.15. The molecule has 2 fully saturated rings. The molecule has 2 aromatic carbocycles. The lowest BCUT2D eigenvalue weighted by Crippen LogP contribution is -2.34. The van der Waals surface area contributed by atoms with Crippen molar-refractivity contribution in [3.05, 3.63) is 73.7 Å². The van der Waals surface area contributed by atoms with Gasteiger partial charge in [-0.05, 0) is 79.0 Å². The van der Waals surface area contributed by atoms with E-state index in [9.17, 15) is 9.59 Å². The van der Waals surface area contributed by atoms with E-state index in [0.29, 0.717) is 28.7 Å². The summed E-state index contributed by atoms with van der Waals surface area (Å²) in [6.07, 6.45) is 3.84. The molecule has 2 saturated carbocycles. The molecule has 5 nitrogen and oxygen atoms in total. The van der Waals surface area contributed by atoms with Gasteiger partial charge in [0.15, 0.2) is 0 Å². The van der Waals surface area contributed by atoms with Crippen molar-refractivity contribution in [3.8, 4) is 5.75 Å². The molecule has 0 radical (unpaired) electrons. The van der Waals surface area contributed by atoms with E-state index in [4.69, 9.17) is 16.3 Å². The summed E-state index contributed by atoms with van der Waals surface area (Å²) in [5.41, 5.74) is 1.91. The Morgan fingerprint density at radius 3 is 2.59 bits per heavy atom. The molecule has 3 aliphatic rings. The van der Waals surface area contributed by atoms with Gasteiger partial charge in [-0.2, -0.15) is 0 Å². The highest BCUT2D eigenvalue weighted by Crippen LogP contribution is 2.64. The number of halogens is 1. The molecule has 8 heteroatoms. The third-order valence-electron chi connectivity index (χ3n) is 7.60. The van der Waals surface area contributed by atoms with Crippen LogP contribution in [-0.2, 0) is 11.3 Å². The van der Waals surface area contributed by atoms with Gasteiger partial charge in [-0.1, -0.05) is 35.1 Å². The molecule has 0 unspecified atom stereocenters. The predicted molar refractivity (Wildman–Crippen MR) is 137 cm³/mol. The summed E-state index contributed by atoms with van der Waals surface area (Å²) in [5.74, 6) is 2.66. The Hall–Kier alpha value is -2.22. The van der Waals surface area contributed by atoms with Crippen LogP contribution in [0.15, 0.2) is 58.4 Å². The second kappa shape index (κ2) is 8.77. The zero-order chi connectivity index (χ0) is 23.4. The molecule has 1 amide bonds. The van der Waals surface area contributed by atoms with Crippen LogP contribution in [0.1, 0.15) is 35.6 Å². The highest BCUT2D eigenvalue weighted by Gasteiger charge is 2.55. The number of rotatable bonds is 5. The Morgan fingerprint density at radius 1 is 1.12 bits per heavy atom. The van der Waals surface area contributed by atoms with Gasteiger partial charge in [-0.15, -0.1) is 11.8 Å². The van der Waals surface area contributed by atoms with E-state index in [1.165, 1.54) is 36.2 Å². The quantitative estimate of drug-likeness (QED) is 0.465. The first kappa shape index (κ1) is 22.3. The van der Waals surface area contributed by atoms with Crippen LogP contribution >= 0.6 is 34.7 Å². The molecule has 3 aromatic rings. The minimum absolute atomic E-state index is 0.0164. The Labute approximate surface area is 211 Å². The Bertz CT molecular complexity index is 1280. The van der Waals surface area contributed by atoms with E-state index in [0.717, 1.165) is 20.7 Å². The van der Waals surface area contributed by atoms with E-state index in [1.54, 1.807) is 35.9 Å². The largest absolute Gasteiger partial charge is 0.497 e. The number of fused-ring (bicyclic) bond motifs is 6. The van der Waals surface area contributed by atoms with Crippen LogP contribution in [0.5, 0.6) is 5.75 Å². The van der Waals surface area contributed by atoms with Gasteiger partial charge in [0.05, 0.1) is 12.1 Å². The maximum atomic E-state index is 13.2. The van der Waals surface area contributed by atoms with Crippen molar-refractivity contribution in [3.63, 3.8) is 0 Å². The van der Waals surface area contributed by atoms with Crippen LogP contribution in [0.4, 0.5) is 5.69 Å².